The number of nitrogens with one attached hydrogen (secondary N) is 1. The van der Waals surface area contributed by atoms with Gasteiger partial charge in [-0.1, -0.05) is 12.1 Å². The second kappa shape index (κ2) is 9.51. The quantitative estimate of drug-likeness (QED) is 0.579. The summed E-state index contributed by atoms with van der Waals surface area (Å²) < 4.78 is 41.2. The molecule has 2 aromatic rings. The number of hydrogen-bond donors (Lipinski definition) is 2. The Kier molecular flexibility index (Phi) is 6.96. The van der Waals surface area contributed by atoms with Gasteiger partial charge in [-0.15, -0.1) is 0 Å². The van der Waals surface area contributed by atoms with Crippen LogP contribution in [0.2, 0.25) is 0 Å². The number of sulfonamides is 1. The van der Waals surface area contributed by atoms with Crippen LogP contribution < -0.4 is 15.2 Å². The van der Waals surface area contributed by atoms with Crippen molar-refractivity contribution in [3.63, 3.8) is 0 Å². The highest BCUT2D eigenvalue weighted by Crippen LogP contribution is 2.32. The third kappa shape index (κ3) is 5.33. The molecule has 3 N–H and O–H groups in total. The van der Waals surface area contributed by atoms with Gasteiger partial charge in [0, 0.05) is 13.1 Å². The van der Waals surface area contributed by atoms with Crippen LogP contribution >= 0.6 is 11.8 Å². The Morgan fingerprint density at radius 2 is 1.91 bits per heavy atom. The van der Waals surface area contributed by atoms with Crippen molar-refractivity contribution in [2.24, 2.45) is 5.14 Å². The molecule has 0 spiro atoms. The third-order valence-electron chi connectivity index (χ3n) is 4.41. The lowest BCUT2D eigenvalue weighted by molar-refractivity contribution is -0.122. The van der Waals surface area contributed by atoms with Crippen LogP contribution in [0.15, 0.2) is 52.3 Å². The molecule has 0 unspecified atom stereocenters. The molecule has 1 fully saturated rings. The number of thioether (sulfide) groups is 1. The number of ether oxygens (including phenoxy) is 1. The number of methoxy groups -OCH3 is 1. The van der Waals surface area contributed by atoms with Crippen molar-refractivity contribution in [2.75, 3.05) is 20.2 Å². The van der Waals surface area contributed by atoms with Gasteiger partial charge in [0.1, 0.15) is 11.6 Å². The van der Waals surface area contributed by atoms with Gasteiger partial charge in [0.25, 0.3) is 17.1 Å². The Labute approximate surface area is 187 Å². The lowest BCUT2D eigenvalue weighted by Crippen LogP contribution is -2.37. The van der Waals surface area contributed by atoms with Gasteiger partial charge in [-0.2, -0.15) is 0 Å². The van der Waals surface area contributed by atoms with Crippen LogP contribution in [0.1, 0.15) is 15.9 Å². The maximum absolute atomic E-state index is 13.0. The molecule has 0 bridgehead atoms. The lowest BCUT2D eigenvalue weighted by Gasteiger charge is -2.14. The van der Waals surface area contributed by atoms with Gasteiger partial charge in [0.15, 0.2) is 0 Å². The molecule has 0 aliphatic carbocycles. The second-order valence-corrected chi connectivity index (χ2v) is 9.10. The first kappa shape index (κ1) is 23.4. The van der Waals surface area contributed by atoms with Crippen molar-refractivity contribution in [1.82, 2.24) is 10.2 Å². The average Bonchev–Trinajstić information content (AvgIpc) is 3.01. The van der Waals surface area contributed by atoms with Crippen molar-refractivity contribution >= 4 is 44.9 Å². The molecule has 2 aromatic carbocycles. The molecule has 1 aliphatic rings. The minimum atomic E-state index is -4.03. The van der Waals surface area contributed by atoms with Crippen molar-refractivity contribution in [3.05, 3.63) is 64.3 Å². The van der Waals surface area contributed by atoms with Crippen LogP contribution in [0.4, 0.5) is 9.18 Å². The van der Waals surface area contributed by atoms with Gasteiger partial charge in [0.05, 0.1) is 22.5 Å². The van der Waals surface area contributed by atoms with Crippen LogP contribution in [0.3, 0.4) is 0 Å². The summed E-state index contributed by atoms with van der Waals surface area (Å²) in [5.41, 5.74) is 0.497. The molecule has 9 nitrogen and oxygen atoms in total. The number of amides is 3. The number of imide groups is 1. The number of benzene rings is 2. The highest BCUT2D eigenvalue weighted by atomic mass is 32.2. The highest BCUT2D eigenvalue weighted by Gasteiger charge is 2.34. The predicted octanol–water partition coefficient (Wildman–Crippen LogP) is 1.95. The smallest absolute Gasteiger partial charge is 0.293 e. The number of primary sulfonamides is 1. The minimum Gasteiger partial charge on any atom is -0.496 e. The van der Waals surface area contributed by atoms with Crippen LogP contribution in [-0.2, 0) is 14.8 Å². The van der Waals surface area contributed by atoms with Gasteiger partial charge >= 0.3 is 0 Å². The fourth-order valence-corrected chi connectivity index (χ4v) is 4.23. The highest BCUT2D eigenvalue weighted by molar-refractivity contribution is 8.18. The summed E-state index contributed by atoms with van der Waals surface area (Å²) in [6, 6.07) is 9.02. The Morgan fingerprint density at radius 3 is 2.53 bits per heavy atom. The molecule has 0 saturated carbocycles. The Morgan fingerprint density at radius 1 is 1.22 bits per heavy atom. The van der Waals surface area contributed by atoms with E-state index in [-0.39, 0.29) is 34.2 Å². The average molecular weight is 480 g/mol. The number of halogens is 1. The summed E-state index contributed by atoms with van der Waals surface area (Å²) in [7, 11) is -2.71. The third-order valence-corrected chi connectivity index (χ3v) is 6.22. The molecule has 1 aliphatic heterocycles. The fraction of sp³-hybridized carbons (Fsp3) is 0.150. The number of nitrogens with zero attached hydrogens (tertiary/aromatic N) is 1. The summed E-state index contributed by atoms with van der Waals surface area (Å²) in [6.07, 6.45) is 1.48. The molecule has 3 rings (SSSR count). The van der Waals surface area contributed by atoms with Crippen LogP contribution in [0.25, 0.3) is 6.08 Å². The van der Waals surface area contributed by atoms with Gasteiger partial charge in [0.2, 0.25) is 10.0 Å². The number of hydrogen-bond acceptors (Lipinski definition) is 7. The van der Waals surface area contributed by atoms with Gasteiger partial charge < -0.3 is 10.1 Å². The van der Waals surface area contributed by atoms with Gasteiger partial charge in [-0.3, -0.25) is 19.3 Å². The first-order valence-electron chi connectivity index (χ1n) is 9.10. The van der Waals surface area contributed by atoms with E-state index < -0.39 is 32.9 Å². The summed E-state index contributed by atoms with van der Waals surface area (Å²) in [4.78, 5) is 38.1. The van der Waals surface area contributed by atoms with E-state index in [4.69, 9.17) is 9.88 Å². The monoisotopic (exact) mass is 479 g/mol. The molecule has 1 heterocycles. The van der Waals surface area contributed by atoms with Crippen LogP contribution in [-0.4, -0.2) is 50.6 Å². The molecule has 32 heavy (non-hydrogen) atoms. The number of carbonyl (C=O) groups is 3. The Balaban J connectivity index is 1.66. The van der Waals surface area contributed by atoms with E-state index in [0.717, 1.165) is 22.7 Å². The topological polar surface area (TPSA) is 136 Å². The molecule has 12 heteroatoms. The van der Waals surface area contributed by atoms with E-state index >= 15 is 0 Å². The summed E-state index contributed by atoms with van der Waals surface area (Å²) in [5.74, 6) is -1.49. The van der Waals surface area contributed by atoms with Crippen LogP contribution in [0.5, 0.6) is 5.75 Å². The zero-order chi connectivity index (χ0) is 23.5. The molecule has 1 saturated heterocycles. The largest absolute Gasteiger partial charge is 0.496 e. The molecule has 0 aromatic heterocycles. The first-order valence-corrected chi connectivity index (χ1v) is 11.5. The maximum atomic E-state index is 13.0. The zero-order valence-electron chi connectivity index (χ0n) is 16.7. The minimum absolute atomic E-state index is 0.0654. The van der Waals surface area contributed by atoms with E-state index in [0.29, 0.717) is 5.56 Å². The van der Waals surface area contributed by atoms with Gasteiger partial charge in [-0.05, 0) is 53.7 Å². The molecular formula is C20H18FN3O6S2. The normalized spacial score (nSPS) is 15.3. The predicted molar refractivity (Wildman–Crippen MR) is 116 cm³/mol. The number of carbonyl (C=O) groups excluding carboxylic acids is 3. The molecule has 3 amide bonds. The Bertz CT molecular complexity index is 1210. The number of nitrogens with two attached hydrogens (primary N) is 1. The Hall–Kier alpha value is -3.22. The molecule has 0 atom stereocenters. The van der Waals surface area contributed by atoms with Crippen molar-refractivity contribution < 1.29 is 31.9 Å². The van der Waals surface area contributed by atoms with Crippen molar-refractivity contribution in [1.29, 1.82) is 0 Å². The summed E-state index contributed by atoms with van der Waals surface area (Å²) in [5, 5.41) is 7.11. The van der Waals surface area contributed by atoms with E-state index in [2.05, 4.69) is 5.32 Å². The zero-order valence-corrected chi connectivity index (χ0v) is 18.3. The molecule has 168 valence electrons. The maximum Gasteiger partial charge on any atom is 0.293 e. The van der Waals surface area contributed by atoms with Crippen LogP contribution in [0, 0.1) is 5.82 Å². The lowest BCUT2D eigenvalue weighted by atomic mass is 10.2. The van der Waals surface area contributed by atoms with E-state index in [1.807, 2.05) is 0 Å². The first-order chi connectivity index (χ1) is 15.1. The second-order valence-electron chi connectivity index (χ2n) is 6.55. The SMILES string of the molecule is COc1ccc(S(N)(=O)=O)cc1C(=O)NCCN1C(=O)S/C(=C\c2ccc(F)cc2)C1=O. The fourth-order valence-electron chi connectivity index (χ4n) is 2.82. The summed E-state index contributed by atoms with van der Waals surface area (Å²) >= 11 is 0.738. The number of rotatable bonds is 7. The molecular weight excluding hydrogens is 461 g/mol. The van der Waals surface area contributed by atoms with Crippen molar-refractivity contribution in [2.45, 2.75) is 4.90 Å². The van der Waals surface area contributed by atoms with Crippen molar-refractivity contribution in [3.8, 4) is 5.75 Å². The molecule has 0 radical (unpaired) electrons. The summed E-state index contributed by atoms with van der Waals surface area (Å²) in [6.45, 7) is -0.183. The van der Waals surface area contributed by atoms with E-state index in [9.17, 15) is 27.2 Å². The van der Waals surface area contributed by atoms with Gasteiger partial charge in [-0.25, -0.2) is 17.9 Å². The van der Waals surface area contributed by atoms with E-state index in [1.54, 1.807) is 0 Å². The van der Waals surface area contributed by atoms with E-state index in [1.165, 1.54) is 49.6 Å². The standard InChI is InChI=1S/C20H18FN3O6S2/c1-30-16-7-6-14(32(22,28)29)11-15(16)18(25)23-8-9-24-19(26)17(31-20(24)27)10-12-2-4-13(21)5-3-12/h2-7,10-11H,8-9H2,1H3,(H,23,25)(H2,22,28,29)/b17-10-.